The van der Waals surface area contributed by atoms with E-state index in [2.05, 4.69) is 25.5 Å². The largest absolute Gasteiger partial charge is 0.433 e. The summed E-state index contributed by atoms with van der Waals surface area (Å²) in [4.78, 5) is 0. The average Bonchev–Trinajstić information content (AvgIpc) is 2.00. The number of benzene rings is 1. The predicted octanol–water partition coefficient (Wildman–Crippen LogP) is 3.98. The van der Waals surface area contributed by atoms with Gasteiger partial charge in [0.05, 0.1) is 0 Å². The van der Waals surface area contributed by atoms with Crippen LogP contribution in [0, 0.1) is 0 Å². The van der Waals surface area contributed by atoms with Crippen LogP contribution in [-0.4, -0.2) is 6.11 Å². The van der Waals surface area contributed by atoms with Crippen molar-refractivity contribution in [1.82, 2.24) is 0 Å². The van der Waals surface area contributed by atoms with E-state index in [0.717, 1.165) is 12.5 Å². The second kappa shape index (κ2) is 3.80. The monoisotopic (exact) mass is 214 g/mol. The minimum absolute atomic E-state index is 0.0211. The van der Waals surface area contributed by atoms with Crippen molar-refractivity contribution in [3.63, 3.8) is 0 Å². The molecular weight excluding hydrogens is 198 g/mol. The zero-order chi connectivity index (χ0) is 11.7. The van der Waals surface area contributed by atoms with Gasteiger partial charge in [0.15, 0.2) is 0 Å². The van der Waals surface area contributed by atoms with E-state index in [1.807, 2.05) is 0 Å². The minimum Gasteiger partial charge on any atom is -0.433 e. The van der Waals surface area contributed by atoms with Crippen LogP contribution < -0.4 is 4.74 Å². The van der Waals surface area contributed by atoms with Crippen LogP contribution in [0.1, 0.15) is 33.3 Å². The Morgan fingerprint density at radius 2 is 1.40 bits per heavy atom. The molecule has 0 saturated carbocycles. The molecule has 0 bridgehead atoms. The van der Waals surface area contributed by atoms with Gasteiger partial charge in [0.1, 0.15) is 5.75 Å². The van der Waals surface area contributed by atoms with E-state index in [4.69, 9.17) is 0 Å². The number of ether oxygens (including phenoxy) is 1. The smallest absolute Gasteiger partial charge is 0.394 e. The van der Waals surface area contributed by atoms with E-state index in [1.165, 1.54) is 0 Å². The van der Waals surface area contributed by atoms with Crippen LogP contribution in [-0.2, 0) is 5.41 Å². The van der Waals surface area contributed by atoms with Crippen LogP contribution in [0.3, 0.4) is 0 Å². The summed E-state index contributed by atoms with van der Waals surface area (Å²) in [6, 6.07) is 6.75. The lowest BCUT2D eigenvalue weighted by atomic mass is 9.87. The first-order valence-electron chi connectivity index (χ1n) is 4.86. The van der Waals surface area contributed by atoms with Crippen molar-refractivity contribution >= 4 is 0 Å². The summed E-state index contributed by atoms with van der Waals surface area (Å²) < 4.78 is 29.5. The molecule has 1 aromatic carbocycles. The molecule has 84 valence electrons. The Bertz CT molecular complexity index is 317. The van der Waals surface area contributed by atoms with E-state index < -0.39 is 6.11 Å². The lowest BCUT2D eigenvalue weighted by Crippen LogP contribution is -2.19. The Balaban J connectivity index is 2.82. The van der Waals surface area contributed by atoms with Crippen LogP contribution in [0.15, 0.2) is 24.3 Å². The van der Waals surface area contributed by atoms with Crippen molar-refractivity contribution in [3.8, 4) is 5.75 Å². The molecule has 0 amide bonds. The number of hydrogen-bond acceptors (Lipinski definition) is 1. The number of hydrogen-bond donors (Lipinski definition) is 0. The highest BCUT2D eigenvalue weighted by molar-refractivity contribution is 5.31. The van der Waals surface area contributed by atoms with Gasteiger partial charge in [-0.05, 0) is 23.1 Å². The molecule has 15 heavy (non-hydrogen) atoms. The lowest BCUT2D eigenvalue weighted by molar-refractivity contribution is -0.158. The standard InChI is InChI=1S/C12H16F2O/c1-11(2,3)9-5-7-10(8-6-9)15-12(4,13)14/h5-8H,1-4H3. The third kappa shape index (κ3) is 3.86. The second-order valence-electron chi connectivity index (χ2n) is 4.68. The van der Waals surface area contributed by atoms with Gasteiger partial charge in [-0.1, -0.05) is 32.9 Å². The van der Waals surface area contributed by atoms with Crippen LogP contribution in [0.5, 0.6) is 5.75 Å². The van der Waals surface area contributed by atoms with Crippen molar-refractivity contribution in [2.75, 3.05) is 0 Å². The molecule has 0 unspecified atom stereocenters. The maximum Gasteiger partial charge on any atom is 0.394 e. The molecule has 0 aliphatic carbocycles. The van der Waals surface area contributed by atoms with Gasteiger partial charge in [-0.2, -0.15) is 8.78 Å². The quantitative estimate of drug-likeness (QED) is 0.723. The summed E-state index contributed by atoms with van der Waals surface area (Å²) in [7, 11) is 0. The minimum atomic E-state index is -3.12. The van der Waals surface area contributed by atoms with Crippen molar-refractivity contribution in [2.24, 2.45) is 0 Å². The highest BCUT2D eigenvalue weighted by atomic mass is 19.3. The van der Waals surface area contributed by atoms with Gasteiger partial charge in [0.2, 0.25) is 0 Å². The van der Waals surface area contributed by atoms with Crippen LogP contribution in [0.4, 0.5) is 8.78 Å². The van der Waals surface area contributed by atoms with Crippen LogP contribution in [0.2, 0.25) is 0 Å². The fourth-order valence-corrected chi connectivity index (χ4v) is 1.23. The summed E-state index contributed by atoms with van der Waals surface area (Å²) >= 11 is 0. The highest BCUT2D eigenvalue weighted by Gasteiger charge is 2.23. The van der Waals surface area contributed by atoms with E-state index in [-0.39, 0.29) is 11.2 Å². The Morgan fingerprint density at radius 1 is 0.933 bits per heavy atom. The maximum atomic E-state index is 12.5. The molecule has 0 radical (unpaired) electrons. The van der Waals surface area contributed by atoms with Gasteiger partial charge in [-0.3, -0.25) is 0 Å². The van der Waals surface area contributed by atoms with Crippen molar-refractivity contribution in [2.45, 2.75) is 39.2 Å². The molecule has 0 fully saturated rings. The van der Waals surface area contributed by atoms with Gasteiger partial charge < -0.3 is 4.74 Å². The Morgan fingerprint density at radius 3 is 1.73 bits per heavy atom. The lowest BCUT2D eigenvalue weighted by Gasteiger charge is -2.19. The van der Waals surface area contributed by atoms with Crippen LogP contribution >= 0.6 is 0 Å². The van der Waals surface area contributed by atoms with Gasteiger partial charge in [0, 0.05) is 6.92 Å². The SMILES string of the molecule is CC(F)(F)Oc1ccc(C(C)(C)C)cc1. The van der Waals surface area contributed by atoms with Crippen molar-refractivity contribution in [3.05, 3.63) is 29.8 Å². The Labute approximate surface area is 89.1 Å². The van der Waals surface area contributed by atoms with E-state index >= 15 is 0 Å². The maximum absolute atomic E-state index is 12.5. The molecule has 0 saturated heterocycles. The normalized spacial score (nSPS) is 12.7. The summed E-state index contributed by atoms with van der Waals surface area (Å²) in [5, 5.41) is 0. The van der Waals surface area contributed by atoms with Gasteiger partial charge in [-0.15, -0.1) is 0 Å². The highest BCUT2D eigenvalue weighted by Crippen LogP contribution is 2.26. The molecule has 0 N–H and O–H groups in total. The van der Waals surface area contributed by atoms with Crippen LogP contribution in [0.25, 0.3) is 0 Å². The molecule has 0 aliphatic rings. The second-order valence-corrected chi connectivity index (χ2v) is 4.68. The fourth-order valence-electron chi connectivity index (χ4n) is 1.23. The average molecular weight is 214 g/mol. The first-order valence-corrected chi connectivity index (χ1v) is 4.86. The Kier molecular flexibility index (Phi) is 3.03. The van der Waals surface area contributed by atoms with E-state index in [1.54, 1.807) is 24.3 Å². The molecule has 0 spiro atoms. The summed E-state index contributed by atoms with van der Waals surface area (Å²) in [5.74, 6) is 0.190. The number of rotatable bonds is 2. The zero-order valence-corrected chi connectivity index (χ0v) is 9.47. The molecule has 3 heteroatoms. The summed E-state index contributed by atoms with van der Waals surface area (Å²) in [5.41, 5.74) is 1.11. The van der Waals surface area contributed by atoms with Gasteiger partial charge in [0.25, 0.3) is 0 Å². The van der Waals surface area contributed by atoms with Crippen molar-refractivity contribution in [1.29, 1.82) is 0 Å². The summed E-state index contributed by atoms with van der Waals surface area (Å²) in [6.45, 7) is 6.93. The third-order valence-electron chi connectivity index (χ3n) is 2.02. The van der Waals surface area contributed by atoms with Gasteiger partial charge >= 0.3 is 6.11 Å². The van der Waals surface area contributed by atoms with Crippen molar-refractivity contribution < 1.29 is 13.5 Å². The van der Waals surface area contributed by atoms with E-state index in [0.29, 0.717) is 0 Å². The number of halogens is 2. The van der Waals surface area contributed by atoms with Gasteiger partial charge in [-0.25, -0.2) is 0 Å². The van der Waals surface area contributed by atoms with E-state index in [9.17, 15) is 8.78 Å². The third-order valence-corrected chi connectivity index (χ3v) is 2.02. The predicted molar refractivity (Wildman–Crippen MR) is 56.4 cm³/mol. The molecule has 0 atom stereocenters. The topological polar surface area (TPSA) is 9.23 Å². The molecule has 1 nitrogen and oxygen atoms in total. The molecule has 0 aromatic heterocycles. The Hall–Kier alpha value is -1.12. The first-order chi connectivity index (χ1) is 6.68. The molecule has 1 aromatic rings. The fraction of sp³-hybridized carbons (Fsp3) is 0.500. The number of alkyl halides is 2. The first kappa shape index (κ1) is 12.0. The molecule has 0 aliphatic heterocycles. The molecular formula is C12H16F2O. The zero-order valence-electron chi connectivity index (χ0n) is 9.47. The summed E-state index contributed by atoms with van der Waals surface area (Å²) in [6.07, 6.45) is -3.12. The molecule has 0 heterocycles. The molecule has 1 rings (SSSR count).